The van der Waals surface area contributed by atoms with Gasteiger partial charge in [0, 0.05) is 6.07 Å². The monoisotopic (exact) mass is 333 g/mol. The van der Waals surface area contributed by atoms with Crippen molar-refractivity contribution in [2.24, 2.45) is 0 Å². The van der Waals surface area contributed by atoms with Crippen LogP contribution in [0.15, 0.2) is 41.0 Å². The van der Waals surface area contributed by atoms with Crippen LogP contribution in [0.5, 0.6) is 11.5 Å². The van der Waals surface area contributed by atoms with Gasteiger partial charge in [-0.3, -0.25) is 4.79 Å². The molecule has 1 aromatic heterocycles. The lowest BCUT2D eigenvalue weighted by Gasteiger charge is -2.14. The molecule has 128 valence electrons. The van der Waals surface area contributed by atoms with Gasteiger partial charge in [0.1, 0.15) is 17.3 Å². The summed E-state index contributed by atoms with van der Waals surface area (Å²) in [7, 11) is 2.96. The van der Waals surface area contributed by atoms with Crippen LogP contribution in [0.25, 0.3) is 0 Å². The summed E-state index contributed by atoms with van der Waals surface area (Å²) in [6, 6.07) is 8.12. The summed E-state index contributed by atoms with van der Waals surface area (Å²) in [6.45, 7) is 1.72. The fourth-order valence-corrected chi connectivity index (χ4v) is 1.94. The highest BCUT2D eigenvalue weighted by atomic mass is 16.5. The van der Waals surface area contributed by atoms with Crippen molar-refractivity contribution in [2.45, 2.75) is 19.6 Å². The topological polar surface area (TPSA) is 87.0 Å². The van der Waals surface area contributed by atoms with Gasteiger partial charge in [0.15, 0.2) is 6.10 Å². The van der Waals surface area contributed by atoms with Crippen molar-refractivity contribution in [2.75, 3.05) is 14.2 Å². The number of carbonyl (C=O) groups is 2. The molecular formula is C17H19NO6. The largest absolute Gasteiger partial charge is 0.497 e. The van der Waals surface area contributed by atoms with Gasteiger partial charge in [0.2, 0.25) is 0 Å². The Kier molecular flexibility index (Phi) is 5.83. The highest BCUT2D eigenvalue weighted by molar-refractivity contribution is 5.93. The number of methoxy groups -OCH3 is 2. The van der Waals surface area contributed by atoms with Gasteiger partial charge in [-0.25, -0.2) is 4.79 Å². The molecule has 0 spiro atoms. The predicted octanol–water partition coefficient (Wildman–Crippen LogP) is 2.16. The highest BCUT2D eigenvalue weighted by Gasteiger charge is 2.20. The van der Waals surface area contributed by atoms with Crippen molar-refractivity contribution in [1.82, 2.24) is 5.32 Å². The lowest BCUT2D eigenvalue weighted by Crippen LogP contribution is -2.35. The van der Waals surface area contributed by atoms with Gasteiger partial charge < -0.3 is 23.9 Å². The van der Waals surface area contributed by atoms with Crippen LogP contribution in [-0.2, 0) is 16.1 Å². The molecule has 0 saturated heterocycles. The molecule has 0 aliphatic carbocycles. The third-order valence-electron chi connectivity index (χ3n) is 3.26. The molecular weight excluding hydrogens is 314 g/mol. The van der Waals surface area contributed by atoms with Gasteiger partial charge in [0.25, 0.3) is 5.91 Å². The zero-order valence-corrected chi connectivity index (χ0v) is 13.7. The average molecular weight is 333 g/mol. The van der Waals surface area contributed by atoms with Gasteiger partial charge in [-0.1, -0.05) is 0 Å². The maximum Gasteiger partial charge on any atom is 0.339 e. The minimum absolute atomic E-state index is 0.223. The first-order valence-corrected chi connectivity index (χ1v) is 7.27. The van der Waals surface area contributed by atoms with Gasteiger partial charge in [-0.05, 0) is 31.2 Å². The van der Waals surface area contributed by atoms with E-state index in [1.54, 1.807) is 18.2 Å². The molecule has 0 aliphatic heterocycles. The van der Waals surface area contributed by atoms with E-state index in [1.807, 2.05) is 0 Å². The van der Waals surface area contributed by atoms with Crippen LogP contribution >= 0.6 is 0 Å². The molecule has 1 amide bonds. The molecule has 2 rings (SSSR count). The molecule has 0 bridgehead atoms. The van der Waals surface area contributed by atoms with E-state index < -0.39 is 18.0 Å². The first-order chi connectivity index (χ1) is 11.5. The molecule has 0 radical (unpaired) electrons. The maximum atomic E-state index is 12.2. The number of hydrogen-bond donors (Lipinski definition) is 1. The van der Waals surface area contributed by atoms with Gasteiger partial charge in [-0.2, -0.15) is 0 Å². The van der Waals surface area contributed by atoms with E-state index in [-0.39, 0.29) is 12.1 Å². The quantitative estimate of drug-likeness (QED) is 0.781. The van der Waals surface area contributed by atoms with Crippen molar-refractivity contribution in [1.29, 1.82) is 0 Å². The lowest BCUT2D eigenvalue weighted by atomic mass is 10.2. The number of ether oxygens (including phenoxy) is 3. The third-order valence-corrected chi connectivity index (χ3v) is 3.26. The number of rotatable bonds is 7. The van der Waals surface area contributed by atoms with Gasteiger partial charge in [0.05, 0.1) is 32.6 Å². The summed E-state index contributed by atoms with van der Waals surface area (Å²) in [5.41, 5.74) is 0.233. The molecule has 7 heteroatoms. The molecule has 0 unspecified atom stereocenters. The van der Waals surface area contributed by atoms with Crippen LogP contribution in [-0.4, -0.2) is 32.2 Å². The van der Waals surface area contributed by atoms with E-state index in [9.17, 15) is 9.59 Å². The average Bonchev–Trinajstić information content (AvgIpc) is 3.12. The second kappa shape index (κ2) is 8.05. The molecule has 1 aromatic carbocycles. The minimum Gasteiger partial charge on any atom is -0.497 e. The molecule has 7 nitrogen and oxygen atoms in total. The summed E-state index contributed by atoms with van der Waals surface area (Å²) < 4.78 is 20.5. The van der Waals surface area contributed by atoms with Crippen LogP contribution < -0.4 is 14.8 Å². The summed E-state index contributed by atoms with van der Waals surface area (Å²) in [5.74, 6) is 0.453. The Morgan fingerprint density at radius 3 is 2.38 bits per heavy atom. The van der Waals surface area contributed by atoms with Crippen LogP contribution in [0.1, 0.15) is 23.0 Å². The minimum atomic E-state index is -0.954. The normalized spacial score (nSPS) is 11.5. The van der Waals surface area contributed by atoms with Crippen molar-refractivity contribution < 1.29 is 28.2 Å². The second-order valence-electron chi connectivity index (χ2n) is 4.95. The van der Waals surface area contributed by atoms with Crippen LogP contribution in [0, 0.1) is 0 Å². The van der Waals surface area contributed by atoms with E-state index in [2.05, 4.69) is 5.32 Å². The molecule has 1 atom stereocenters. The number of nitrogens with one attached hydrogen (secondary N) is 1. The van der Waals surface area contributed by atoms with Crippen LogP contribution in [0.3, 0.4) is 0 Å². The number of carbonyl (C=O) groups excluding carboxylic acids is 2. The van der Waals surface area contributed by atoms with Crippen molar-refractivity contribution in [3.63, 3.8) is 0 Å². The van der Waals surface area contributed by atoms with E-state index in [0.717, 1.165) is 0 Å². The molecule has 0 saturated carbocycles. The van der Waals surface area contributed by atoms with Crippen LogP contribution in [0.2, 0.25) is 0 Å². The van der Waals surface area contributed by atoms with Gasteiger partial charge in [-0.15, -0.1) is 0 Å². The van der Waals surface area contributed by atoms with E-state index in [1.165, 1.54) is 39.5 Å². The van der Waals surface area contributed by atoms with Crippen LogP contribution in [0.4, 0.5) is 0 Å². The second-order valence-corrected chi connectivity index (χ2v) is 4.95. The zero-order chi connectivity index (χ0) is 17.5. The Morgan fingerprint density at radius 1 is 1.17 bits per heavy atom. The van der Waals surface area contributed by atoms with Crippen molar-refractivity contribution >= 4 is 11.9 Å². The number of esters is 1. The molecule has 1 N–H and O–H groups in total. The Balaban J connectivity index is 1.96. The first-order valence-electron chi connectivity index (χ1n) is 7.27. The van der Waals surface area contributed by atoms with Gasteiger partial charge >= 0.3 is 5.97 Å². The number of amides is 1. The van der Waals surface area contributed by atoms with Crippen molar-refractivity contribution in [3.8, 4) is 11.5 Å². The molecule has 1 heterocycles. The number of furan rings is 1. The summed E-state index contributed by atoms with van der Waals surface area (Å²) in [5, 5.41) is 2.63. The first kappa shape index (κ1) is 17.4. The molecule has 2 aromatic rings. The molecule has 24 heavy (non-hydrogen) atoms. The van der Waals surface area contributed by atoms with E-state index in [0.29, 0.717) is 17.3 Å². The summed E-state index contributed by atoms with van der Waals surface area (Å²) >= 11 is 0. The van der Waals surface area contributed by atoms with Crippen molar-refractivity contribution in [3.05, 3.63) is 47.9 Å². The SMILES string of the molecule is COc1cc(OC)cc(C(=O)O[C@@H](C)C(=O)NCc2ccco2)c1. The molecule has 0 fully saturated rings. The summed E-state index contributed by atoms with van der Waals surface area (Å²) in [6.07, 6.45) is 0.561. The van der Waals surface area contributed by atoms with E-state index in [4.69, 9.17) is 18.6 Å². The van der Waals surface area contributed by atoms with E-state index >= 15 is 0 Å². The number of hydrogen-bond acceptors (Lipinski definition) is 6. The standard InChI is InChI=1S/C17H19NO6/c1-11(16(19)18-10-13-5-4-6-23-13)24-17(20)12-7-14(21-2)9-15(8-12)22-3/h4-9,11H,10H2,1-3H3,(H,18,19)/t11-/m0/s1. The predicted molar refractivity (Wildman–Crippen MR) is 85.0 cm³/mol. The Morgan fingerprint density at radius 2 is 1.83 bits per heavy atom. The Labute approximate surface area is 139 Å². The maximum absolute atomic E-state index is 12.2. The fraction of sp³-hybridized carbons (Fsp3) is 0.294. The fourth-order valence-electron chi connectivity index (χ4n) is 1.94. The number of benzene rings is 1. The highest BCUT2D eigenvalue weighted by Crippen LogP contribution is 2.23. The summed E-state index contributed by atoms with van der Waals surface area (Å²) in [4.78, 5) is 24.2. The Hall–Kier alpha value is -2.96. The molecule has 0 aliphatic rings. The smallest absolute Gasteiger partial charge is 0.339 e. The lowest BCUT2D eigenvalue weighted by molar-refractivity contribution is -0.129. The third kappa shape index (κ3) is 4.52. The Bertz CT molecular complexity index is 673. The zero-order valence-electron chi connectivity index (χ0n) is 13.7.